The molecule has 3 saturated heterocycles. The molecule has 1 unspecified atom stereocenters. The van der Waals surface area contributed by atoms with Gasteiger partial charge in [0.1, 0.15) is 24.0 Å². The van der Waals surface area contributed by atoms with Crippen LogP contribution < -0.4 is 14.5 Å². The molecule has 4 aliphatic heterocycles. The summed E-state index contributed by atoms with van der Waals surface area (Å²) in [6.07, 6.45) is 4.05. The van der Waals surface area contributed by atoms with Crippen LogP contribution in [0.4, 0.5) is 15.9 Å². The maximum Gasteiger partial charge on any atom is 0.318 e. The van der Waals surface area contributed by atoms with Gasteiger partial charge in [-0.3, -0.25) is 4.90 Å². The van der Waals surface area contributed by atoms with Gasteiger partial charge in [-0.2, -0.15) is 9.97 Å². The van der Waals surface area contributed by atoms with Gasteiger partial charge >= 0.3 is 6.01 Å². The summed E-state index contributed by atoms with van der Waals surface area (Å²) < 4.78 is 26.9. The number of aromatic nitrogens is 2. The van der Waals surface area contributed by atoms with Gasteiger partial charge in [-0.25, -0.2) is 4.39 Å². The first-order valence-electron chi connectivity index (χ1n) is 15.4. The normalized spacial score (nSPS) is 26.0. The Morgan fingerprint density at radius 3 is 2.91 bits per heavy atom. The lowest BCUT2D eigenvalue weighted by atomic mass is 9.92. The van der Waals surface area contributed by atoms with E-state index in [0.717, 1.165) is 43.0 Å². The van der Waals surface area contributed by atoms with E-state index in [2.05, 4.69) is 21.6 Å². The molecule has 0 saturated carbocycles. The van der Waals surface area contributed by atoms with Crippen LogP contribution in [0.3, 0.4) is 0 Å². The van der Waals surface area contributed by atoms with E-state index < -0.39 is 5.82 Å². The number of anilines is 2. The third kappa shape index (κ3) is 5.36. The van der Waals surface area contributed by atoms with Crippen molar-refractivity contribution in [3.8, 4) is 11.8 Å². The molecule has 11 heteroatoms. The molecule has 0 bridgehead atoms. The highest BCUT2D eigenvalue weighted by Crippen LogP contribution is 2.43. The molecule has 3 aromatic rings. The number of rotatable bonds is 6. The molecule has 3 fully saturated rings. The fourth-order valence-electron chi connectivity index (χ4n) is 7.73. The second kappa shape index (κ2) is 11.5. The van der Waals surface area contributed by atoms with Crippen LogP contribution in [0.25, 0.3) is 10.8 Å². The van der Waals surface area contributed by atoms with Gasteiger partial charge in [0.25, 0.3) is 0 Å². The van der Waals surface area contributed by atoms with E-state index in [0.29, 0.717) is 80.8 Å². The summed E-state index contributed by atoms with van der Waals surface area (Å²) in [5.41, 5.74) is 2.57. The van der Waals surface area contributed by atoms with Gasteiger partial charge in [0, 0.05) is 55.7 Å². The molecule has 0 spiro atoms. The van der Waals surface area contributed by atoms with Gasteiger partial charge in [-0.1, -0.05) is 24.6 Å². The number of hydrogen-bond acceptors (Lipinski definition) is 9. The summed E-state index contributed by atoms with van der Waals surface area (Å²) in [7, 11) is 0. The zero-order valence-corrected chi connectivity index (χ0v) is 25.3. The van der Waals surface area contributed by atoms with Crippen molar-refractivity contribution in [1.29, 1.82) is 0 Å². The smallest absolute Gasteiger partial charge is 0.318 e. The van der Waals surface area contributed by atoms with Gasteiger partial charge < -0.3 is 29.5 Å². The molecule has 7 rings (SSSR count). The van der Waals surface area contributed by atoms with Crippen LogP contribution in [-0.4, -0.2) is 89.8 Å². The Morgan fingerprint density at radius 2 is 2.05 bits per heavy atom. The van der Waals surface area contributed by atoms with Gasteiger partial charge in [-0.15, -0.1) is 0 Å². The Kier molecular flexibility index (Phi) is 7.74. The number of nitrogens with zero attached hydrogens (tertiary/aromatic N) is 5. The summed E-state index contributed by atoms with van der Waals surface area (Å²) in [6.45, 7) is 8.49. The van der Waals surface area contributed by atoms with E-state index in [4.69, 9.17) is 31.0 Å². The molecule has 0 radical (unpaired) electrons. The number of aliphatic hydroxyl groups is 1. The average molecular weight is 612 g/mol. The lowest BCUT2D eigenvalue weighted by molar-refractivity contribution is 0.0959. The fraction of sp³-hybridized carbons (Fsp3) is 0.562. The third-order valence-electron chi connectivity index (χ3n) is 9.70. The van der Waals surface area contributed by atoms with Crippen molar-refractivity contribution in [2.24, 2.45) is 11.8 Å². The van der Waals surface area contributed by atoms with Crippen LogP contribution in [0.2, 0.25) is 5.02 Å². The molecule has 9 nitrogen and oxygen atoms in total. The minimum absolute atomic E-state index is 0.0146. The van der Waals surface area contributed by atoms with Crippen molar-refractivity contribution < 1.29 is 24.1 Å². The third-order valence-corrected chi connectivity index (χ3v) is 10.1. The highest BCUT2D eigenvalue weighted by atomic mass is 35.5. The fourth-order valence-corrected chi connectivity index (χ4v) is 8.00. The summed E-state index contributed by atoms with van der Waals surface area (Å²) in [5.74, 6) is 1.04. The van der Waals surface area contributed by atoms with Crippen LogP contribution in [0.15, 0.2) is 24.3 Å². The van der Waals surface area contributed by atoms with Crippen molar-refractivity contribution in [3.63, 3.8) is 0 Å². The first kappa shape index (κ1) is 28.8. The SMILES string of the molecule is C[C@H]1CN2CCC[C@@]2(COc2nc3c(c(N4CCOCC(CO)C4)n2)CCN(c2cc(O)cc4ccc(F)c(Cl)c24)C3)C1. The van der Waals surface area contributed by atoms with Crippen LogP contribution in [0, 0.1) is 17.7 Å². The lowest BCUT2D eigenvalue weighted by Gasteiger charge is -2.35. The summed E-state index contributed by atoms with van der Waals surface area (Å²) >= 11 is 6.48. The second-order valence-corrected chi connectivity index (χ2v) is 13.2. The number of hydrogen-bond donors (Lipinski definition) is 2. The maximum absolute atomic E-state index is 14.6. The van der Waals surface area contributed by atoms with Crippen molar-refractivity contribution >= 4 is 33.9 Å². The number of aliphatic hydroxyl groups excluding tert-OH is 1. The van der Waals surface area contributed by atoms with Crippen LogP contribution in [0.1, 0.15) is 37.4 Å². The number of benzene rings is 2. The predicted octanol–water partition coefficient (Wildman–Crippen LogP) is 4.39. The van der Waals surface area contributed by atoms with E-state index >= 15 is 0 Å². The number of fused-ring (bicyclic) bond motifs is 3. The number of halogens is 2. The zero-order chi connectivity index (χ0) is 29.7. The topological polar surface area (TPSA) is 94.4 Å². The molecular weight excluding hydrogens is 573 g/mol. The minimum Gasteiger partial charge on any atom is -0.508 e. The Labute approximate surface area is 256 Å². The number of aromatic hydroxyl groups is 1. The van der Waals surface area contributed by atoms with Crippen molar-refractivity contribution in [3.05, 3.63) is 46.4 Å². The quantitative estimate of drug-likeness (QED) is 0.421. The van der Waals surface area contributed by atoms with Gasteiger partial charge in [-0.05, 0) is 55.7 Å². The van der Waals surface area contributed by atoms with Gasteiger partial charge in [0.2, 0.25) is 0 Å². The van der Waals surface area contributed by atoms with Crippen molar-refractivity contribution in [2.75, 3.05) is 69.0 Å². The largest absolute Gasteiger partial charge is 0.508 e. The molecule has 0 amide bonds. The van der Waals surface area contributed by atoms with E-state index in [9.17, 15) is 14.6 Å². The van der Waals surface area contributed by atoms with E-state index in [-0.39, 0.29) is 28.8 Å². The van der Waals surface area contributed by atoms with Crippen LogP contribution >= 0.6 is 11.6 Å². The molecule has 230 valence electrons. The average Bonchev–Trinajstić information content (AvgIpc) is 3.41. The van der Waals surface area contributed by atoms with E-state index in [1.54, 1.807) is 18.2 Å². The van der Waals surface area contributed by atoms with Gasteiger partial charge in [0.15, 0.2) is 0 Å². The highest BCUT2D eigenvalue weighted by molar-refractivity contribution is 6.36. The Morgan fingerprint density at radius 1 is 1.16 bits per heavy atom. The van der Waals surface area contributed by atoms with Crippen molar-refractivity contribution in [2.45, 2.75) is 44.7 Å². The van der Waals surface area contributed by atoms with Crippen LogP contribution in [0.5, 0.6) is 11.8 Å². The summed E-state index contributed by atoms with van der Waals surface area (Å²) in [5, 5.41) is 21.8. The van der Waals surface area contributed by atoms with Gasteiger partial charge in [0.05, 0.1) is 41.7 Å². The molecule has 2 N–H and O–H groups in total. The molecular formula is C32H39ClFN5O4. The van der Waals surface area contributed by atoms with E-state index in [1.165, 1.54) is 12.5 Å². The zero-order valence-electron chi connectivity index (χ0n) is 24.6. The minimum atomic E-state index is -0.498. The summed E-state index contributed by atoms with van der Waals surface area (Å²) in [6, 6.07) is 6.56. The molecule has 1 aromatic heterocycles. The molecule has 4 aliphatic rings. The molecule has 3 atom stereocenters. The lowest BCUT2D eigenvalue weighted by Crippen LogP contribution is -2.43. The maximum atomic E-state index is 14.6. The standard InChI is InChI=1S/C32H39ClFN5O4/c1-20-13-32(6-2-7-39(32)14-20)19-43-31-35-26-16-37(27-12-23(41)11-22-3-4-25(34)29(33)28(22)27)8-5-24(26)30(36-31)38-9-10-42-18-21(15-38)17-40/h3-4,11-12,20-21,40-41H,2,5-10,13-19H2,1H3/t20-,21?,32+/m1/s1. The number of phenolic OH excluding ortho intramolecular Hbond substituents is 1. The highest BCUT2D eigenvalue weighted by Gasteiger charge is 2.48. The molecule has 2 aromatic carbocycles. The first-order valence-corrected chi connectivity index (χ1v) is 15.8. The molecule has 43 heavy (non-hydrogen) atoms. The molecule has 5 heterocycles. The second-order valence-electron chi connectivity index (χ2n) is 12.8. The Hall–Kier alpha value is -2.92. The van der Waals surface area contributed by atoms with E-state index in [1.807, 2.05) is 0 Å². The number of phenols is 1. The number of ether oxygens (including phenoxy) is 2. The monoisotopic (exact) mass is 611 g/mol. The predicted molar refractivity (Wildman–Crippen MR) is 164 cm³/mol. The summed E-state index contributed by atoms with van der Waals surface area (Å²) in [4.78, 5) is 16.8. The first-order chi connectivity index (χ1) is 20.8. The van der Waals surface area contributed by atoms with Crippen LogP contribution in [-0.2, 0) is 17.7 Å². The van der Waals surface area contributed by atoms with Crippen molar-refractivity contribution in [1.82, 2.24) is 14.9 Å². The Bertz CT molecular complexity index is 1530. The molecule has 0 aliphatic carbocycles. The Balaban J connectivity index is 1.25.